The SMILES string of the molecule is Cc1cc(C)c(C(=O)OCC[Si](C)(C)C)c(CC(/C=C/CC/C=C/CCO[Si](c2ccccc2)(c2ccccc2)C(C)(C)C)=N/OCC(=O)O)c1Cl. The lowest BCUT2D eigenvalue weighted by Crippen LogP contribution is -2.66. The molecule has 0 heterocycles. The number of hydrogen-bond acceptors (Lipinski definition) is 6. The molecule has 0 aliphatic rings. The minimum absolute atomic E-state index is 0.0756. The van der Waals surface area contributed by atoms with Crippen LogP contribution >= 0.6 is 11.6 Å². The molecule has 0 saturated carbocycles. The number of aryl methyl sites for hydroxylation is 2. The van der Waals surface area contributed by atoms with E-state index in [0.29, 0.717) is 35.1 Å². The highest BCUT2D eigenvalue weighted by atomic mass is 35.5. The van der Waals surface area contributed by atoms with Crippen molar-refractivity contribution in [2.75, 3.05) is 19.8 Å². The maximum absolute atomic E-state index is 13.3. The van der Waals surface area contributed by atoms with Gasteiger partial charge in [0.2, 0.25) is 6.61 Å². The van der Waals surface area contributed by atoms with Crippen molar-refractivity contribution in [3.63, 3.8) is 0 Å². The Labute approximate surface area is 317 Å². The Morgan fingerprint density at radius 1 is 0.846 bits per heavy atom. The zero-order valence-corrected chi connectivity index (χ0v) is 34.9. The number of nitrogens with zero attached hydrogens (tertiary/aromatic N) is 1. The first-order chi connectivity index (χ1) is 24.6. The molecule has 0 spiro atoms. The Kier molecular flexibility index (Phi) is 16.3. The zero-order chi connectivity index (χ0) is 38.4. The number of oxime groups is 1. The van der Waals surface area contributed by atoms with Crippen molar-refractivity contribution in [3.8, 4) is 0 Å². The summed E-state index contributed by atoms with van der Waals surface area (Å²) in [6, 6.07) is 24.0. The Morgan fingerprint density at radius 3 is 1.98 bits per heavy atom. The van der Waals surface area contributed by atoms with Crippen molar-refractivity contribution in [1.82, 2.24) is 0 Å². The molecule has 10 heteroatoms. The lowest BCUT2D eigenvalue weighted by Gasteiger charge is -2.43. The van der Waals surface area contributed by atoms with Crippen molar-refractivity contribution < 1.29 is 28.7 Å². The molecule has 52 heavy (non-hydrogen) atoms. The van der Waals surface area contributed by atoms with E-state index in [1.54, 1.807) is 6.08 Å². The van der Waals surface area contributed by atoms with Gasteiger partial charge in [-0.2, -0.15) is 0 Å². The van der Waals surface area contributed by atoms with E-state index in [9.17, 15) is 9.59 Å². The molecule has 0 fully saturated rings. The van der Waals surface area contributed by atoms with Gasteiger partial charge in [-0.3, -0.25) is 0 Å². The fourth-order valence-corrected chi connectivity index (χ4v) is 11.7. The van der Waals surface area contributed by atoms with Crippen molar-refractivity contribution >= 4 is 56.0 Å². The zero-order valence-electron chi connectivity index (χ0n) is 32.1. The quantitative estimate of drug-likeness (QED) is 0.0327. The van der Waals surface area contributed by atoms with Crippen LogP contribution in [-0.2, 0) is 25.2 Å². The summed E-state index contributed by atoms with van der Waals surface area (Å²) >= 11 is 6.78. The molecule has 0 saturated heterocycles. The largest absolute Gasteiger partial charge is 0.479 e. The molecule has 280 valence electrons. The highest BCUT2D eigenvalue weighted by molar-refractivity contribution is 6.99. The molecule has 3 aromatic rings. The number of ether oxygens (including phenoxy) is 1. The van der Waals surface area contributed by atoms with Crippen molar-refractivity contribution in [1.29, 1.82) is 0 Å². The van der Waals surface area contributed by atoms with Crippen LogP contribution in [0.1, 0.15) is 67.1 Å². The van der Waals surface area contributed by atoms with Crippen molar-refractivity contribution in [2.45, 2.75) is 91.0 Å². The van der Waals surface area contributed by atoms with Gasteiger partial charge in [-0.15, -0.1) is 0 Å². The van der Waals surface area contributed by atoms with Crippen LogP contribution in [0.5, 0.6) is 0 Å². The van der Waals surface area contributed by atoms with Crippen LogP contribution in [0.3, 0.4) is 0 Å². The molecule has 7 nitrogen and oxygen atoms in total. The molecule has 0 amide bonds. The van der Waals surface area contributed by atoms with Gasteiger partial charge in [0.05, 0.1) is 17.9 Å². The molecule has 0 radical (unpaired) electrons. The predicted octanol–water partition coefficient (Wildman–Crippen LogP) is 9.31. The van der Waals surface area contributed by atoms with Gasteiger partial charge in [0.15, 0.2) is 0 Å². The molecule has 0 bridgehead atoms. The molecule has 3 aromatic carbocycles. The number of carbonyl (C=O) groups is 2. The van der Waals surface area contributed by atoms with E-state index in [4.69, 9.17) is 30.7 Å². The number of carbonyl (C=O) groups excluding carboxylic acids is 1. The Bertz CT molecular complexity index is 1670. The number of aliphatic carboxylic acids is 1. The lowest BCUT2D eigenvalue weighted by atomic mass is 9.94. The van der Waals surface area contributed by atoms with Crippen LogP contribution in [0.2, 0.25) is 35.7 Å². The molecular formula is C42H56ClNO6Si2. The van der Waals surface area contributed by atoms with E-state index in [1.165, 1.54) is 10.4 Å². The summed E-state index contributed by atoms with van der Waals surface area (Å²) in [5.74, 6) is -1.56. The summed E-state index contributed by atoms with van der Waals surface area (Å²) in [6.07, 6.45) is 10.5. The summed E-state index contributed by atoms with van der Waals surface area (Å²) in [6.45, 7) is 17.7. The van der Waals surface area contributed by atoms with E-state index < -0.39 is 34.9 Å². The first-order valence-electron chi connectivity index (χ1n) is 18.0. The molecule has 0 aliphatic heterocycles. The molecule has 0 aromatic heterocycles. The average molecular weight is 763 g/mol. The second-order valence-electron chi connectivity index (χ2n) is 15.3. The number of esters is 1. The van der Waals surface area contributed by atoms with E-state index in [0.717, 1.165) is 36.4 Å². The average Bonchev–Trinajstić information content (AvgIpc) is 3.07. The minimum Gasteiger partial charge on any atom is -0.479 e. The third-order valence-electron chi connectivity index (χ3n) is 8.75. The Hall–Kier alpha value is -3.77. The van der Waals surface area contributed by atoms with Gasteiger partial charge < -0.3 is 19.1 Å². The topological polar surface area (TPSA) is 94.4 Å². The maximum atomic E-state index is 13.3. The smallest absolute Gasteiger partial charge is 0.344 e. The summed E-state index contributed by atoms with van der Waals surface area (Å²) in [5.41, 5.74) is 3.03. The highest BCUT2D eigenvalue weighted by Gasteiger charge is 2.49. The standard InChI is InChI=1S/C42H56ClNO6Si2/c1-32-29-33(2)40(43)37(39(32)41(47)48-27-28-51(6,7)8)30-34(44-49-31-38(45)46)21-15-11-9-10-12-20-26-50-52(42(3,4)5,35-22-16-13-17-23-35)36-24-18-14-19-25-36/h10,12-19,21-25,29H,9,11,20,26-28,30-31H2,1-8H3,(H,45,46)/b12-10+,21-15+,44-34+. The number of rotatable bonds is 19. The fourth-order valence-electron chi connectivity index (χ4n) is 6.18. The molecule has 0 aliphatic carbocycles. The van der Waals surface area contributed by atoms with E-state index in [1.807, 2.05) is 38.1 Å². The highest BCUT2D eigenvalue weighted by Crippen LogP contribution is 2.37. The molecule has 0 atom stereocenters. The van der Waals surface area contributed by atoms with Gasteiger partial charge in [-0.25, -0.2) is 9.59 Å². The van der Waals surface area contributed by atoms with Gasteiger partial charge in [0.1, 0.15) is 0 Å². The van der Waals surface area contributed by atoms with Crippen LogP contribution in [0.15, 0.2) is 96.2 Å². The third-order valence-corrected chi connectivity index (χ3v) is 16.0. The maximum Gasteiger partial charge on any atom is 0.344 e. The molecule has 1 N–H and O–H groups in total. The molecular weight excluding hydrogens is 706 g/mol. The van der Waals surface area contributed by atoms with Gasteiger partial charge in [0.25, 0.3) is 8.32 Å². The monoisotopic (exact) mass is 761 g/mol. The number of hydrogen-bond donors (Lipinski definition) is 1. The van der Waals surface area contributed by atoms with E-state index in [-0.39, 0.29) is 11.5 Å². The first kappa shape index (κ1) is 42.6. The number of carboxylic acids is 1. The van der Waals surface area contributed by atoms with Crippen LogP contribution in [-0.4, -0.2) is 59.0 Å². The lowest BCUT2D eigenvalue weighted by molar-refractivity contribution is -0.142. The van der Waals surface area contributed by atoms with Crippen molar-refractivity contribution in [2.24, 2.45) is 5.16 Å². The second kappa shape index (κ2) is 19.9. The van der Waals surface area contributed by atoms with Gasteiger partial charge in [0, 0.05) is 26.1 Å². The fraction of sp³-hybridized carbons (Fsp3) is 0.405. The predicted molar refractivity (Wildman–Crippen MR) is 220 cm³/mol. The molecule has 0 unspecified atom stereocenters. The van der Waals surface area contributed by atoms with Crippen LogP contribution in [0.4, 0.5) is 0 Å². The summed E-state index contributed by atoms with van der Waals surface area (Å²) in [4.78, 5) is 29.6. The Morgan fingerprint density at radius 2 is 1.42 bits per heavy atom. The molecule has 3 rings (SSSR count). The third kappa shape index (κ3) is 12.4. The summed E-state index contributed by atoms with van der Waals surface area (Å²) in [5, 5.41) is 16.1. The van der Waals surface area contributed by atoms with Crippen LogP contribution in [0.25, 0.3) is 0 Å². The van der Waals surface area contributed by atoms with Gasteiger partial charge >= 0.3 is 11.9 Å². The Balaban J connectivity index is 1.70. The van der Waals surface area contributed by atoms with E-state index >= 15 is 0 Å². The van der Waals surface area contributed by atoms with Gasteiger partial charge in [-0.1, -0.05) is 142 Å². The number of carboxylic acid groups (broad SMARTS) is 1. The number of unbranched alkanes of at least 4 members (excludes halogenated alkanes) is 1. The number of halogens is 1. The second-order valence-corrected chi connectivity index (χ2v) is 25.6. The summed E-state index contributed by atoms with van der Waals surface area (Å²) in [7, 11) is -3.97. The normalized spacial score (nSPS) is 12.8. The minimum atomic E-state index is -2.57. The van der Waals surface area contributed by atoms with Crippen molar-refractivity contribution in [3.05, 3.63) is 118 Å². The summed E-state index contributed by atoms with van der Waals surface area (Å²) < 4.78 is 12.7. The first-order valence-corrected chi connectivity index (χ1v) is 24.0. The van der Waals surface area contributed by atoms with Crippen LogP contribution < -0.4 is 10.4 Å². The van der Waals surface area contributed by atoms with Gasteiger partial charge in [-0.05, 0) is 77.3 Å². The number of allylic oxidation sites excluding steroid dienone is 3. The van der Waals surface area contributed by atoms with E-state index in [2.05, 4.69) is 106 Å². The van der Waals surface area contributed by atoms with Crippen LogP contribution in [0, 0.1) is 13.8 Å². The number of benzene rings is 3.